The highest BCUT2D eigenvalue weighted by Crippen LogP contribution is 2.36. The highest BCUT2D eigenvalue weighted by atomic mass is 32.1. The van der Waals surface area contributed by atoms with Gasteiger partial charge in [-0.25, -0.2) is 9.37 Å². The molecule has 1 aliphatic rings. The van der Waals surface area contributed by atoms with Crippen molar-refractivity contribution in [3.63, 3.8) is 0 Å². The van der Waals surface area contributed by atoms with Crippen LogP contribution in [0.4, 0.5) is 15.9 Å². The molecule has 4 aromatic rings. The second-order valence-electron chi connectivity index (χ2n) is 6.75. The van der Waals surface area contributed by atoms with E-state index in [-0.39, 0.29) is 6.61 Å². The summed E-state index contributed by atoms with van der Waals surface area (Å²) in [4.78, 5) is 6.82. The van der Waals surface area contributed by atoms with Gasteiger partial charge in [0, 0.05) is 22.0 Å². The summed E-state index contributed by atoms with van der Waals surface area (Å²) in [5.74, 6) is 2.94. The van der Waals surface area contributed by atoms with Crippen molar-refractivity contribution in [3.8, 4) is 27.7 Å². The summed E-state index contributed by atoms with van der Waals surface area (Å²) < 4.78 is 28.8. The Morgan fingerprint density at radius 2 is 1.80 bits per heavy atom. The number of alkyl halides is 1. The van der Waals surface area contributed by atoms with Gasteiger partial charge in [0.1, 0.15) is 42.9 Å². The van der Waals surface area contributed by atoms with Gasteiger partial charge >= 0.3 is 0 Å². The molecule has 0 saturated heterocycles. The van der Waals surface area contributed by atoms with Crippen LogP contribution in [0.2, 0.25) is 0 Å². The molecule has 2 aromatic heterocycles. The van der Waals surface area contributed by atoms with Gasteiger partial charge in [0.05, 0.1) is 0 Å². The van der Waals surface area contributed by atoms with E-state index in [1.807, 2.05) is 48.5 Å². The monoisotopic (exact) mass is 422 g/mol. The van der Waals surface area contributed by atoms with Crippen molar-refractivity contribution < 1.29 is 18.6 Å². The Kier molecular flexibility index (Phi) is 5.11. The fourth-order valence-corrected chi connectivity index (χ4v) is 4.31. The third kappa shape index (κ3) is 3.89. The van der Waals surface area contributed by atoms with Crippen LogP contribution in [-0.4, -0.2) is 31.5 Å². The maximum absolute atomic E-state index is 12.2. The summed E-state index contributed by atoms with van der Waals surface area (Å²) in [6.07, 6.45) is 0. The van der Waals surface area contributed by atoms with Crippen LogP contribution in [-0.2, 0) is 0 Å². The molecule has 2 aromatic carbocycles. The van der Waals surface area contributed by atoms with Crippen LogP contribution < -0.4 is 19.5 Å². The van der Waals surface area contributed by atoms with E-state index in [1.165, 1.54) is 0 Å². The van der Waals surface area contributed by atoms with Crippen LogP contribution in [0, 0.1) is 0 Å². The summed E-state index contributed by atoms with van der Waals surface area (Å²) in [7, 11) is 0. The topological polar surface area (TPSA) is 52.6 Å². The fourth-order valence-electron chi connectivity index (χ4n) is 3.27. The third-order valence-corrected chi connectivity index (χ3v) is 5.78. The standard InChI is InChI=1S/C23H19FN2O3S/c24-9-10-27-18-5-1-15(2-6-18)21-13-16-3-8-22(26-23(16)30-21)25-17-4-7-19-20(14-17)29-12-11-28-19/h1-8,13-14H,9-12H2,(H,25,26). The van der Waals surface area contributed by atoms with Crippen molar-refractivity contribution >= 4 is 33.1 Å². The van der Waals surface area contributed by atoms with Gasteiger partial charge in [0.2, 0.25) is 0 Å². The van der Waals surface area contributed by atoms with Gasteiger partial charge in [0.15, 0.2) is 11.5 Å². The lowest BCUT2D eigenvalue weighted by atomic mass is 10.1. The fraction of sp³-hybridized carbons (Fsp3) is 0.174. The number of ether oxygens (including phenoxy) is 3. The SMILES string of the molecule is FCCOc1ccc(-c2cc3ccc(Nc4ccc5c(c4)OCCO5)nc3s2)cc1. The molecule has 7 heteroatoms. The molecule has 152 valence electrons. The van der Waals surface area contributed by atoms with Crippen LogP contribution in [0.25, 0.3) is 20.7 Å². The number of fused-ring (bicyclic) bond motifs is 2. The van der Waals surface area contributed by atoms with E-state index in [2.05, 4.69) is 17.4 Å². The molecule has 1 N–H and O–H groups in total. The zero-order valence-electron chi connectivity index (χ0n) is 16.1. The first kappa shape index (κ1) is 18.7. The second-order valence-corrected chi connectivity index (χ2v) is 7.78. The predicted octanol–water partition coefficient (Wildman–Crippen LogP) is 5.83. The first-order valence-corrected chi connectivity index (χ1v) is 10.5. The molecule has 5 nitrogen and oxygen atoms in total. The van der Waals surface area contributed by atoms with Crippen molar-refractivity contribution in [2.75, 3.05) is 31.8 Å². The zero-order valence-corrected chi connectivity index (χ0v) is 16.9. The highest BCUT2D eigenvalue weighted by Gasteiger charge is 2.12. The molecule has 0 fully saturated rings. The number of benzene rings is 2. The van der Waals surface area contributed by atoms with E-state index in [9.17, 15) is 4.39 Å². The Morgan fingerprint density at radius 1 is 0.967 bits per heavy atom. The molecular weight excluding hydrogens is 403 g/mol. The number of nitrogens with one attached hydrogen (secondary N) is 1. The molecule has 0 radical (unpaired) electrons. The van der Waals surface area contributed by atoms with Gasteiger partial charge in [0.25, 0.3) is 0 Å². The summed E-state index contributed by atoms with van der Waals surface area (Å²) in [5, 5.41) is 4.42. The molecule has 0 amide bonds. The number of hydrogen-bond donors (Lipinski definition) is 1. The van der Waals surface area contributed by atoms with Gasteiger partial charge in [-0.05, 0) is 60.2 Å². The Labute approximate surface area is 177 Å². The lowest BCUT2D eigenvalue weighted by Crippen LogP contribution is -2.15. The molecule has 0 spiro atoms. The van der Waals surface area contributed by atoms with Crippen LogP contribution in [0.5, 0.6) is 17.2 Å². The molecule has 5 rings (SSSR count). The normalized spacial score (nSPS) is 12.7. The second kappa shape index (κ2) is 8.20. The van der Waals surface area contributed by atoms with Gasteiger partial charge in [-0.1, -0.05) is 0 Å². The average molecular weight is 422 g/mol. The smallest absolute Gasteiger partial charge is 0.163 e. The number of hydrogen-bond acceptors (Lipinski definition) is 6. The summed E-state index contributed by atoms with van der Waals surface area (Å²) in [5.41, 5.74) is 1.97. The van der Waals surface area contributed by atoms with Gasteiger partial charge in [-0.2, -0.15) is 0 Å². The van der Waals surface area contributed by atoms with Crippen molar-refractivity contribution in [1.29, 1.82) is 0 Å². The summed E-state index contributed by atoms with van der Waals surface area (Å²) in [6.45, 7) is 0.714. The number of thiophene rings is 1. The minimum atomic E-state index is -0.494. The zero-order chi connectivity index (χ0) is 20.3. The van der Waals surface area contributed by atoms with Crippen LogP contribution in [0.3, 0.4) is 0 Å². The van der Waals surface area contributed by atoms with Crippen molar-refractivity contribution in [3.05, 3.63) is 60.7 Å². The number of aromatic nitrogens is 1. The minimum Gasteiger partial charge on any atom is -0.491 e. The van der Waals surface area contributed by atoms with Crippen LogP contribution in [0.1, 0.15) is 0 Å². The largest absolute Gasteiger partial charge is 0.491 e. The molecule has 3 heterocycles. The van der Waals surface area contributed by atoms with Gasteiger partial charge in [-0.3, -0.25) is 0 Å². The maximum atomic E-state index is 12.2. The molecule has 0 bridgehead atoms. The van der Waals surface area contributed by atoms with Gasteiger partial charge < -0.3 is 19.5 Å². The number of pyridine rings is 1. The first-order valence-electron chi connectivity index (χ1n) is 9.65. The molecule has 0 unspecified atom stereocenters. The van der Waals surface area contributed by atoms with E-state index in [0.717, 1.165) is 43.7 Å². The van der Waals surface area contributed by atoms with Crippen molar-refractivity contribution in [2.45, 2.75) is 0 Å². The molecule has 30 heavy (non-hydrogen) atoms. The summed E-state index contributed by atoms with van der Waals surface area (Å²) >= 11 is 1.63. The van der Waals surface area contributed by atoms with Crippen molar-refractivity contribution in [1.82, 2.24) is 4.98 Å². The number of anilines is 2. The number of nitrogens with zero attached hydrogens (tertiary/aromatic N) is 1. The Balaban J connectivity index is 1.36. The van der Waals surface area contributed by atoms with Gasteiger partial charge in [-0.15, -0.1) is 11.3 Å². The van der Waals surface area contributed by atoms with Crippen LogP contribution >= 0.6 is 11.3 Å². The Hall–Kier alpha value is -3.32. The molecular formula is C23H19FN2O3S. The van der Waals surface area contributed by atoms with E-state index >= 15 is 0 Å². The average Bonchev–Trinajstić information content (AvgIpc) is 3.21. The number of halogens is 1. The summed E-state index contributed by atoms with van der Waals surface area (Å²) in [6, 6.07) is 19.6. The molecule has 0 atom stereocenters. The number of rotatable bonds is 6. The predicted molar refractivity (Wildman–Crippen MR) is 117 cm³/mol. The lowest BCUT2D eigenvalue weighted by molar-refractivity contribution is 0.171. The Morgan fingerprint density at radius 3 is 2.63 bits per heavy atom. The van der Waals surface area contributed by atoms with E-state index < -0.39 is 6.67 Å². The minimum absolute atomic E-state index is 0.0747. The molecule has 0 aliphatic carbocycles. The van der Waals surface area contributed by atoms with E-state index in [4.69, 9.17) is 19.2 Å². The van der Waals surface area contributed by atoms with Crippen LogP contribution in [0.15, 0.2) is 60.7 Å². The maximum Gasteiger partial charge on any atom is 0.163 e. The lowest BCUT2D eigenvalue weighted by Gasteiger charge is -2.19. The Bertz CT molecular complexity index is 1180. The quantitative estimate of drug-likeness (QED) is 0.424. The van der Waals surface area contributed by atoms with Crippen molar-refractivity contribution in [2.24, 2.45) is 0 Å². The molecule has 0 saturated carbocycles. The highest BCUT2D eigenvalue weighted by molar-refractivity contribution is 7.21. The third-order valence-electron chi connectivity index (χ3n) is 4.68. The molecule has 1 aliphatic heterocycles. The van der Waals surface area contributed by atoms with E-state index in [0.29, 0.717) is 19.0 Å². The van der Waals surface area contributed by atoms with E-state index in [1.54, 1.807) is 11.3 Å². The first-order chi connectivity index (χ1) is 14.8.